The fraction of sp³-hybridized carbons (Fsp3) is 0.364. The van der Waals surface area contributed by atoms with Gasteiger partial charge in [0.2, 0.25) is 5.91 Å². The Morgan fingerprint density at radius 2 is 1.79 bits per heavy atom. The highest BCUT2D eigenvalue weighted by Gasteiger charge is 2.22. The van der Waals surface area contributed by atoms with Crippen LogP contribution in [0.1, 0.15) is 29.5 Å². The molecule has 1 aliphatic rings. The average Bonchev–Trinajstić information content (AvgIpc) is 3.16. The van der Waals surface area contributed by atoms with Crippen LogP contribution in [0.15, 0.2) is 53.5 Å². The molecule has 3 N–H and O–H groups in total. The highest BCUT2D eigenvalue weighted by Crippen LogP contribution is 2.22. The summed E-state index contributed by atoms with van der Waals surface area (Å²) in [6.45, 7) is 2.70. The van der Waals surface area contributed by atoms with Crippen LogP contribution in [0.5, 0.6) is 5.75 Å². The third-order valence-corrected chi connectivity index (χ3v) is 4.90. The Bertz CT molecular complexity index is 799. The number of nitrogens with one attached hydrogen (secondary N) is 1. The van der Waals surface area contributed by atoms with Gasteiger partial charge in [0, 0.05) is 32.6 Å². The van der Waals surface area contributed by atoms with E-state index in [1.807, 2.05) is 41.3 Å². The van der Waals surface area contributed by atoms with Crippen molar-refractivity contribution < 1.29 is 9.53 Å². The summed E-state index contributed by atoms with van der Waals surface area (Å²) < 4.78 is 5.15. The molecule has 0 atom stereocenters. The second-order valence-electron chi connectivity index (χ2n) is 6.91. The van der Waals surface area contributed by atoms with Crippen molar-refractivity contribution in [2.45, 2.75) is 32.4 Å². The molecule has 7 heteroatoms. The lowest BCUT2D eigenvalue weighted by Crippen LogP contribution is -2.33. The van der Waals surface area contributed by atoms with Crippen molar-refractivity contribution in [1.29, 1.82) is 0 Å². The summed E-state index contributed by atoms with van der Waals surface area (Å²) in [5, 5.41) is 3.12. The number of nitrogens with two attached hydrogens (primary N) is 1. The average molecular weight is 508 g/mol. The topological polar surface area (TPSA) is 80.0 Å². The SMILES string of the molecule is COc1ccc(CCNC(N)=NCCCC(=O)N2Cc3ccccc3C2)cc1.I. The van der Waals surface area contributed by atoms with Gasteiger partial charge in [-0.1, -0.05) is 36.4 Å². The first kappa shape index (κ1) is 23.0. The van der Waals surface area contributed by atoms with Gasteiger partial charge in [0.15, 0.2) is 5.96 Å². The molecule has 1 aliphatic heterocycles. The van der Waals surface area contributed by atoms with Gasteiger partial charge in [-0.15, -0.1) is 24.0 Å². The first-order valence-corrected chi connectivity index (χ1v) is 9.67. The third-order valence-electron chi connectivity index (χ3n) is 4.90. The van der Waals surface area contributed by atoms with Crippen LogP contribution < -0.4 is 15.8 Å². The molecule has 0 saturated heterocycles. The Kier molecular flexibility index (Phi) is 9.24. The molecule has 6 nitrogen and oxygen atoms in total. The Balaban J connectivity index is 0.00000300. The van der Waals surface area contributed by atoms with E-state index in [-0.39, 0.29) is 29.9 Å². The summed E-state index contributed by atoms with van der Waals surface area (Å²) in [5.41, 5.74) is 9.61. The van der Waals surface area contributed by atoms with Crippen molar-refractivity contribution in [2.75, 3.05) is 20.2 Å². The summed E-state index contributed by atoms with van der Waals surface area (Å²) in [4.78, 5) is 18.6. The van der Waals surface area contributed by atoms with Gasteiger partial charge < -0.3 is 20.7 Å². The number of fused-ring (bicyclic) bond motifs is 1. The molecule has 0 fully saturated rings. The van der Waals surface area contributed by atoms with Crippen molar-refractivity contribution in [2.24, 2.45) is 10.7 Å². The molecule has 2 aromatic rings. The smallest absolute Gasteiger partial charge is 0.223 e. The maximum atomic E-state index is 12.4. The Morgan fingerprint density at radius 1 is 1.14 bits per heavy atom. The van der Waals surface area contributed by atoms with Gasteiger partial charge in [0.25, 0.3) is 0 Å². The minimum Gasteiger partial charge on any atom is -0.497 e. The van der Waals surface area contributed by atoms with E-state index < -0.39 is 0 Å². The van der Waals surface area contributed by atoms with Gasteiger partial charge >= 0.3 is 0 Å². The van der Waals surface area contributed by atoms with Crippen LogP contribution in [0.25, 0.3) is 0 Å². The number of hydrogen-bond acceptors (Lipinski definition) is 3. The van der Waals surface area contributed by atoms with E-state index in [4.69, 9.17) is 10.5 Å². The van der Waals surface area contributed by atoms with Gasteiger partial charge in [0.1, 0.15) is 5.75 Å². The monoisotopic (exact) mass is 508 g/mol. The number of guanidine groups is 1. The zero-order valence-electron chi connectivity index (χ0n) is 16.8. The molecule has 1 amide bonds. The minimum atomic E-state index is 0. The van der Waals surface area contributed by atoms with E-state index in [0.29, 0.717) is 45.0 Å². The molecule has 0 saturated carbocycles. The molecule has 156 valence electrons. The first-order chi connectivity index (χ1) is 13.7. The number of aliphatic imine (C=N–C) groups is 1. The number of amides is 1. The lowest BCUT2D eigenvalue weighted by atomic mass is 10.1. The molecular weight excluding hydrogens is 479 g/mol. The standard InChI is InChI=1S/C22H28N4O2.HI/c1-28-20-10-8-17(9-11-20)12-14-25-22(23)24-13-4-7-21(27)26-15-18-5-2-3-6-19(18)16-26;/h2-3,5-6,8-11H,4,7,12-16H2,1H3,(H3,23,24,25);1H. The molecule has 0 radical (unpaired) electrons. The number of carbonyl (C=O) groups excluding carboxylic acids is 1. The zero-order chi connectivity index (χ0) is 19.8. The van der Waals surface area contributed by atoms with Crippen LogP contribution >= 0.6 is 24.0 Å². The third kappa shape index (κ3) is 6.92. The predicted octanol–water partition coefficient (Wildman–Crippen LogP) is 3.08. The fourth-order valence-electron chi connectivity index (χ4n) is 3.28. The zero-order valence-corrected chi connectivity index (χ0v) is 19.1. The van der Waals surface area contributed by atoms with Gasteiger partial charge in [-0.25, -0.2) is 0 Å². The summed E-state index contributed by atoms with van der Waals surface area (Å²) >= 11 is 0. The quantitative estimate of drug-likeness (QED) is 0.249. The van der Waals surface area contributed by atoms with Gasteiger partial charge in [0.05, 0.1) is 7.11 Å². The van der Waals surface area contributed by atoms with Crippen LogP contribution in [0, 0.1) is 0 Å². The highest BCUT2D eigenvalue weighted by molar-refractivity contribution is 14.0. The number of nitrogens with zero attached hydrogens (tertiary/aromatic N) is 2. The van der Waals surface area contributed by atoms with Gasteiger partial charge in [-0.2, -0.15) is 0 Å². The van der Waals surface area contributed by atoms with Crippen LogP contribution in [-0.2, 0) is 24.3 Å². The van der Waals surface area contributed by atoms with E-state index in [0.717, 1.165) is 12.2 Å². The first-order valence-electron chi connectivity index (χ1n) is 9.67. The maximum absolute atomic E-state index is 12.4. The van der Waals surface area contributed by atoms with E-state index in [9.17, 15) is 4.79 Å². The second kappa shape index (κ2) is 11.6. The van der Waals surface area contributed by atoms with E-state index in [1.54, 1.807) is 7.11 Å². The Morgan fingerprint density at radius 3 is 2.41 bits per heavy atom. The maximum Gasteiger partial charge on any atom is 0.223 e. The van der Waals surface area contributed by atoms with Crippen LogP contribution in [0.2, 0.25) is 0 Å². The minimum absolute atomic E-state index is 0. The van der Waals surface area contributed by atoms with Crippen molar-refractivity contribution in [3.8, 4) is 5.75 Å². The summed E-state index contributed by atoms with van der Waals surface area (Å²) in [6.07, 6.45) is 2.05. The van der Waals surface area contributed by atoms with Crippen LogP contribution in [-0.4, -0.2) is 37.0 Å². The molecule has 3 rings (SSSR count). The molecule has 1 heterocycles. The van der Waals surface area contributed by atoms with Crippen LogP contribution in [0.3, 0.4) is 0 Å². The lowest BCUT2D eigenvalue weighted by molar-refractivity contribution is -0.131. The summed E-state index contributed by atoms with van der Waals surface area (Å²) in [5.74, 6) is 1.46. The molecule has 0 bridgehead atoms. The summed E-state index contributed by atoms with van der Waals surface area (Å²) in [6, 6.07) is 16.2. The molecule has 0 spiro atoms. The van der Waals surface area contributed by atoms with Crippen LogP contribution in [0.4, 0.5) is 0 Å². The van der Waals surface area contributed by atoms with Gasteiger partial charge in [-0.05, 0) is 41.7 Å². The second-order valence-corrected chi connectivity index (χ2v) is 6.91. The van der Waals surface area contributed by atoms with E-state index in [1.165, 1.54) is 16.7 Å². The Labute approximate surface area is 189 Å². The lowest BCUT2D eigenvalue weighted by Gasteiger charge is -2.14. The largest absolute Gasteiger partial charge is 0.497 e. The number of benzene rings is 2. The molecular formula is C22H29IN4O2. The normalized spacial score (nSPS) is 12.9. The number of methoxy groups -OCH3 is 1. The number of ether oxygens (including phenoxy) is 1. The highest BCUT2D eigenvalue weighted by atomic mass is 127. The fourth-order valence-corrected chi connectivity index (χ4v) is 3.28. The van der Waals surface area contributed by atoms with Crippen molar-refractivity contribution in [1.82, 2.24) is 10.2 Å². The molecule has 0 unspecified atom stereocenters. The molecule has 29 heavy (non-hydrogen) atoms. The van der Waals surface area contributed by atoms with E-state index >= 15 is 0 Å². The van der Waals surface area contributed by atoms with Crippen molar-refractivity contribution in [3.05, 3.63) is 65.2 Å². The predicted molar refractivity (Wildman–Crippen MR) is 127 cm³/mol. The van der Waals surface area contributed by atoms with Crippen molar-refractivity contribution >= 4 is 35.8 Å². The number of hydrogen-bond donors (Lipinski definition) is 2. The molecule has 0 aromatic heterocycles. The number of halogens is 1. The van der Waals surface area contributed by atoms with Gasteiger partial charge in [-0.3, -0.25) is 9.79 Å². The number of rotatable bonds is 8. The van der Waals surface area contributed by atoms with E-state index in [2.05, 4.69) is 22.4 Å². The molecule has 0 aliphatic carbocycles. The Hall–Kier alpha value is -2.29. The van der Waals surface area contributed by atoms with Crippen molar-refractivity contribution in [3.63, 3.8) is 0 Å². The number of carbonyl (C=O) groups is 1. The molecule has 2 aromatic carbocycles. The summed E-state index contributed by atoms with van der Waals surface area (Å²) in [7, 11) is 1.66.